The Morgan fingerprint density at radius 2 is 2.08 bits per heavy atom. The van der Waals surface area contributed by atoms with Crippen molar-refractivity contribution in [2.45, 2.75) is 58.6 Å². The van der Waals surface area contributed by atoms with Crippen LogP contribution < -0.4 is 4.80 Å². The third-order valence-corrected chi connectivity index (χ3v) is 7.07. The van der Waals surface area contributed by atoms with E-state index >= 15 is 0 Å². The minimum Gasteiger partial charge on any atom is -0.383 e. The van der Waals surface area contributed by atoms with E-state index in [0.717, 1.165) is 23.5 Å². The average Bonchev–Trinajstić information content (AvgIpc) is 2.86. The predicted molar refractivity (Wildman–Crippen MR) is 98.6 cm³/mol. The maximum atomic E-state index is 13.0. The smallest absolute Gasteiger partial charge is 0.254 e. The van der Waals surface area contributed by atoms with Crippen LogP contribution in [0.5, 0.6) is 0 Å². The number of thiazole rings is 1. The minimum atomic E-state index is -0.0902. The summed E-state index contributed by atoms with van der Waals surface area (Å²) in [5.74, 6) is 1.10. The molecule has 0 saturated heterocycles. The van der Waals surface area contributed by atoms with Crippen molar-refractivity contribution in [2.75, 3.05) is 20.8 Å². The fourth-order valence-corrected chi connectivity index (χ4v) is 5.58. The number of fused-ring (bicyclic) bond motifs is 2. The van der Waals surface area contributed by atoms with Crippen LogP contribution in [-0.4, -0.2) is 37.4 Å². The van der Waals surface area contributed by atoms with Gasteiger partial charge >= 0.3 is 0 Å². The number of hydrogen-bond donors (Lipinski definition) is 0. The SMILES string of the molecule is COCCn1c(C)c(C)sc1=NC(=O)C1CC2CCCC(C2)C1OC. The van der Waals surface area contributed by atoms with Crippen molar-refractivity contribution in [2.24, 2.45) is 22.7 Å². The summed E-state index contributed by atoms with van der Waals surface area (Å²) in [4.78, 5) is 19.6. The Hall–Kier alpha value is -0.980. The predicted octanol–water partition coefficient (Wildman–Crippen LogP) is 3.08. The van der Waals surface area contributed by atoms with Gasteiger partial charge in [0.1, 0.15) is 0 Å². The van der Waals surface area contributed by atoms with E-state index in [4.69, 9.17) is 9.47 Å². The second-order valence-corrected chi connectivity index (χ2v) is 8.64. The molecule has 5 nitrogen and oxygen atoms in total. The third-order valence-electron chi connectivity index (χ3n) is 5.98. The minimum absolute atomic E-state index is 0.00383. The van der Waals surface area contributed by atoms with E-state index in [1.165, 1.54) is 30.6 Å². The van der Waals surface area contributed by atoms with Gasteiger partial charge in [-0.15, -0.1) is 11.3 Å². The molecule has 1 heterocycles. The number of aryl methyl sites for hydroxylation is 1. The largest absolute Gasteiger partial charge is 0.383 e. The van der Waals surface area contributed by atoms with Gasteiger partial charge in [-0.3, -0.25) is 4.79 Å². The van der Waals surface area contributed by atoms with Gasteiger partial charge in [0.15, 0.2) is 4.80 Å². The standard InChI is InChI=1S/C19H30N2O3S/c1-12-13(2)25-19(21(12)8-9-23-3)20-18(22)16-11-14-6-5-7-15(10-14)17(16)24-4/h14-17H,5-11H2,1-4H3. The van der Waals surface area contributed by atoms with Crippen LogP contribution in [0.25, 0.3) is 0 Å². The van der Waals surface area contributed by atoms with Gasteiger partial charge in [0, 0.05) is 31.3 Å². The third kappa shape index (κ3) is 3.91. The number of rotatable bonds is 5. The molecule has 0 aliphatic heterocycles. The highest BCUT2D eigenvalue weighted by Crippen LogP contribution is 2.44. The maximum absolute atomic E-state index is 13.0. The lowest BCUT2D eigenvalue weighted by molar-refractivity contribution is -0.134. The maximum Gasteiger partial charge on any atom is 0.254 e. The zero-order valence-corrected chi connectivity index (χ0v) is 16.6. The van der Waals surface area contributed by atoms with Crippen molar-refractivity contribution in [1.29, 1.82) is 0 Å². The van der Waals surface area contributed by atoms with Crippen molar-refractivity contribution >= 4 is 17.2 Å². The molecular weight excluding hydrogens is 336 g/mol. The topological polar surface area (TPSA) is 52.8 Å². The monoisotopic (exact) mass is 366 g/mol. The van der Waals surface area contributed by atoms with Crippen molar-refractivity contribution in [3.05, 3.63) is 15.4 Å². The highest BCUT2D eigenvalue weighted by molar-refractivity contribution is 7.09. The molecule has 2 fully saturated rings. The molecule has 4 unspecified atom stereocenters. The van der Waals surface area contributed by atoms with Gasteiger partial charge in [-0.05, 0) is 44.9 Å². The number of ether oxygens (including phenoxy) is 2. The second-order valence-electron chi connectivity index (χ2n) is 7.46. The zero-order chi connectivity index (χ0) is 18.0. The Morgan fingerprint density at radius 1 is 1.28 bits per heavy atom. The Balaban J connectivity index is 1.87. The summed E-state index contributed by atoms with van der Waals surface area (Å²) in [5.41, 5.74) is 1.16. The molecule has 1 aromatic rings. The molecular formula is C19H30N2O3S. The number of amides is 1. The number of nitrogens with zero attached hydrogens (tertiary/aromatic N) is 2. The fourth-order valence-electron chi connectivity index (χ4n) is 4.57. The molecule has 140 valence electrons. The molecule has 25 heavy (non-hydrogen) atoms. The van der Waals surface area contributed by atoms with Crippen LogP contribution in [0, 0.1) is 31.6 Å². The van der Waals surface area contributed by atoms with Crippen molar-refractivity contribution < 1.29 is 14.3 Å². The van der Waals surface area contributed by atoms with Crippen LogP contribution >= 0.6 is 11.3 Å². The van der Waals surface area contributed by atoms with Gasteiger partial charge in [-0.2, -0.15) is 4.99 Å². The van der Waals surface area contributed by atoms with E-state index in [1.54, 1.807) is 25.6 Å². The summed E-state index contributed by atoms with van der Waals surface area (Å²) in [6.45, 7) is 5.50. The summed E-state index contributed by atoms with van der Waals surface area (Å²) in [6.07, 6.45) is 5.88. The number of hydrogen-bond acceptors (Lipinski definition) is 4. The molecule has 2 aliphatic carbocycles. The molecule has 0 spiro atoms. The van der Waals surface area contributed by atoms with Crippen LogP contribution in [-0.2, 0) is 20.8 Å². The Kier molecular flexibility index (Phi) is 6.12. The number of carbonyl (C=O) groups is 1. The summed E-state index contributed by atoms with van der Waals surface area (Å²) < 4.78 is 13.1. The van der Waals surface area contributed by atoms with Crippen molar-refractivity contribution in [3.63, 3.8) is 0 Å². The molecule has 0 aromatic carbocycles. The highest BCUT2D eigenvalue weighted by Gasteiger charge is 2.43. The van der Waals surface area contributed by atoms with Crippen LogP contribution in [0.3, 0.4) is 0 Å². The van der Waals surface area contributed by atoms with Crippen LogP contribution in [0.15, 0.2) is 4.99 Å². The normalized spacial score (nSPS) is 29.8. The van der Waals surface area contributed by atoms with E-state index in [1.807, 2.05) is 0 Å². The van der Waals surface area contributed by atoms with Crippen molar-refractivity contribution in [1.82, 2.24) is 4.57 Å². The number of aromatic nitrogens is 1. The molecule has 1 aromatic heterocycles. The first-order chi connectivity index (χ1) is 12.0. The van der Waals surface area contributed by atoms with Gasteiger partial charge in [-0.1, -0.05) is 12.8 Å². The Morgan fingerprint density at radius 3 is 2.80 bits per heavy atom. The summed E-state index contributed by atoms with van der Waals surface area (Å²) in [7, 11) is 3.44. The summed E-state index contributed by atoms with van der Waals surface area (Å²) >= 11 is 1.59. The number of methoxy groups -OCH3 is 2. The van der Waals surface area contributed by atoms with Crippen LogP contribution in [0.1, 0.15) is 42.7 Å². The molecule has 0 radical (unpaired) electrons. The lowest BCUT2D eigenvalue weighted by Gasteiger charge is -2.43. The van der Waals surface area contributed by atoms with E-state index in [0.29, 0.717) is 18.4 Å². The molecule has 0 N–H and O–H groups in total. The Labute approximate surface area is 154 Å². The van der Waals surface area contributed by atoms with Gasteiger partial charge in [0.25, 0.3) is 5.91 Å². The lowest BCUT2D eigenvalue weighted by Crippen LogP contribution is -2.44. The fraction of sp³-hybridized carbons (Fsp3) is 0.789. The molecule has 6 heteroatoms. The Bertz CT molecular complexity index is 679. The quantitative estimate of drug-likeness (QED) is 0.805. The molecule has 3 rings (SSSR count). The van der Waals surface area contributed by atoms with E-state index in [-0.39, 0.29) is 17.9 Å². The lowest BCUT2D eigenvalue weighted by atomic mass is 9.66. The molecule has 2 aliphatic rings. The van der Waals surface area contributed by atoms with E-state index < -0.39 is 0 Å². The number of carbonyl (C=O) groups excluding carboxylic acids is 1. The second kappa shape index (κ2) is 8.14. The van der Waals surface area contributed by atoms with E-state index in [9.17, 15) is 4.79 Å². The van der Waals surface area contributed by atoms with E-state index in [2.05, 4.69) is 23.4 Å². The van der Waals surface area contributed by atoms with Gasteiger partial charge < -0.3 is 14.0 Å². The molecule has 2 saturated carbocycles. The van der Waals surface area contributed by atoms with Crippen LogP contribution in [0.2, 0.25) is 0 Å². The zero-order valence-electron chi connectivity index (χ0n) is 15.8. The highest BCUT2D eigenvalue weighted by atomic mass is 32.1. The average molecular weight is 367 g/mol. The summed E-state index contributed by atoms with van der Waals surface area (Å²) in [6, 6.07) is 0. The first-order valence-corrected chi connectivity index (χ1v) is 10.1. The molecule has 4 atom stereocenters. The van der Waals surface area contributed by atoms with Gasteiger partial charge in [-0.25, -0.2) is 0 Å². The first-order valence-electron chi connectivity index (χ1n) is 9.32. The van der Waals surface area contributed by atoms with Crippen molar-refractivity contribution in [3.8, 4) is 0 Å². The summed E-state index contributed by atoms with van der Waals surface area (Å²) in [5, 5.41) is 0. The molecule has 1 amide bonds. The van der Waals surface area contributed by atoms with Crippen LogP contribution in [0.4, 0.5) is 0 Å². The van der Waals surface area contributed by atoms with Gasteiger partial charge in [0.2, 0.25) is 0 Å². The van der Waals surface area contributed by atoms with Gasteiger partial charge in [0.05, 0.1) is 18.6 Å². The first kappa shape index (κ1) is 18.8. The molecule has 2 bridgehead atoms.